The molecule has 0 aliphatic carbocycles. The van der Waals surface area contributed by atoms with Gasteiger partial charge in [-0.15, -0.1) is 0 Å². The first-order valence-electron chi connectivity index (χ1n) is 6.70. The number of carboxylic acids is 1. The average Bonchev–Trinajstić information content (AvgIpc) is 2.35. The molecule has 1 aromatic heterocycles. The summed E-state index contributed by atoms with van der Waals surface area (Å²) >= 11 is 0. The number of nitrogens with zero attached hydrogens (tertiary/aromatic N) is 2. The Morgan fingerprint density at radius 2 is 2.00 bits per heavy atom. The predicted octanol–water partition coefficient (Wildman–Crippen LogP) is 1.52. The normalized spacial score (nSPS) is 12.5. The Morgan fingerprint density at radius 3 is 2.41 bits per heavy atom. The van der Waals surface area contributed by atoms with E-state index in [1.165, 1.54) is 19.4 Å². The highest BCUT2D eigenvalue weighted by atomic mass is 32.2. The number of aromatic nitrogens is 1. The molecule has 1 heterocycles. The molecule has 0 radical (unpaired) electrons. The van der Waals surface area contributed by atoms with Gasteiger partial charge in [-0.1, -0.05) is 20.8 Å². The first kappa shape index (κ1) is 18.4. The minimum absolute atomic E-state index is 0.0451. The molecule has 124 valence electrons. The van der Waals surface area contributed by atoms with Crippen LogP contribution in [0.15, 0.2) is 17.2 Å². The summed E-state index contributed by atoms with van der Waals surface area (Å²) in [6.45, 7) is 6.70. The lowest BCUT2D eigenvalue weighted by Crippen LogP contribution is -2.41. The smallest absolute Gasteiger partial charge is 0.318 e. The van der Waals surface area contributed by atoms with Gasteiger partial charge < -0.3 is 9.84 Å². The number of hydrogen-bond donors (Lipinski definition) is 1. The predicted molar refractivity (Wildman–Crippen MR) is 81.4 cm³/mol. The largest absolute Gasteiger partial charge is 0.481 e. The number of rotatable bonds is 6. The second-order valence-corrected chi connectivity index (χ2v) is 8.16. The van der Waals surface area contributed by atoms with Gasteiger partial charge >= 0.3 is 5.97 Å². The zero-order chi connectivity index (χ0) is 17.1. The van der Waals surface area contributed by atoms with Crippen LogP contribution in [0.5, 0.6) is 5.88 Å². The molecule has 0 spiro atoms. The topological polar surface area (TPSA) is 96.8 Å². The average molecular weight is 330 g/mol. The van der Waals surface area contributed by atoms with Gasteiger partial charge in [0.1, 0.15) is 11.4 Å². The third kappa shape index (κ3) is 4.67. The number of hydrogen-bond acceptors (Lipinski definition) is 5. The molecule has 0 saturated heterocycles. The SMILES string of the molecule is COc1ncc(S(=O)(=O)N(CC(=O)O)CC(C)(C)C)cc1C. The Labute approximate surface area is 131 Å². The molecule has 0 aromatic carbocycles. The van der Waals surface area contributed by atoms with Gasteiger partial charge in [-0.25, -0.2) is 13.4 Å². The third-order valence-electron chi connectivity index (χ3n) is 2.80. The molecule has 1 rings (SSSR count). The summed E-state index contributed by atoms with van der Waals surface area (Å²) in [5.74, 6) is -0.870. The van der Waals surface area contributed by atoms with Gasteiger partial charge in [0.25, 0.3) is 0 Å². The van der Waals surface area contributed by atoms with Crippen molar-refractivity contribution >= 4 is 16.0 Å². The van der Waals surface area contributed by atoms with Gasteiger partial charge in [0.15, 0.2) is 0 Å². The fraction of sp³-hybridized carbons (Fsp3) is 0.571. The number of carboxylic acid groups (broad SMARTS) is 1. The van der Waals surface area contributed by atoms with Crippen molar-refractivity contribution in [3.05, 3.63) is 17.8 Å². The molecule has 0 unspecified atom stereocenters. The summed E-state index contributed by atoms with van der Waals surface area (Å²) in [7, 11) is -2.50. The fourth-order valence-electron chi connectivity index (χ4n) is 1.95. The molecule has 22 heavy (non-hydrogen) atoms. The van der Waals surface area contributed by atoms with Crippen molar-refractivity contribution in [1.82, 2.24) is 9.29 Å². The summed E-state index contributed by atoms with van der Waals surface area (Å²) in [6.07, 6.45) is 1.18. The number of aliphatic carboxylic acids is 1. The highest BCUT2D eigenvalue weighted by Crippen LogP contribution is 2.24. The van der Waals surface area contributed by atoms with E-state index >= 15 is 0 Å². The number of carbonyl (C=O) groups is 1. The first-order valence-corrected chi connectivity index (χ1v) is 8.14. The number of pyridine rings is 1. The monoisotopic (exact) mass is 330 g/mol. The van der Waals surface area contributed by atoms with Crippen molar-refractivity contribution in [2.45, 2.75) is 32.6 Å². The second-order valence-electron chi connectivity index (χ2n) is 6.22. The highest BCUT2D eigenvalue weighted by molar-refractivity contribution is 7.89. The van der Waals surface area contributed by atoms with E-state index in [0.29, 0.717) is 11.4 Å². The Morgan fingerprint density at radius 1 is 1.41 bits per heavy atom. The molecule has 0 atom stereocenters. The van der Waals surface area contributed by atoms with Gasteiger partial charge in [-0.3, -0.25) is 4.79 Å². The van der Waals surface area contributed by atoms with Crippen molar-refractivity contribution in [2.24, 2.45) is 5.41 Å². The summed E-state index contributed by atoms with van der Waals surface area (Å²) in [5, 5.41) is 8.99. The standard InChI is InChI=1S/C14H22N2O5S/c1-10-6-11(7-15-13(10)21-5)22(19,20)16(8-12(17)18)9-14(2,3)4/h6-7H,8-9H2,1-5H3,(H,17,18). The Balaban J connectivity index is 3.26. The maximum Gasteiger partial charge on any atom is 0.318 e. The van der Waals surface area contributed by atoms with Crippen LogP contribution in [0.25, 0.3) is 0 Å². The van der Waals surface area contributed by atoms with E-state index in [4.69, 9.17) is 9.84 Å². The Bertz CT molecular complexity index is 650. The molecule has 0 bridgehead atoms. The lowest BCUT2D eigenvalue weighted by molar-refractivity contribution is -0.137. The summed E-state index contributed by atoms with van der Waals surface area (Å²) < 4.78 is 31.3. The maximum atomic E-state index is 12.7. The molecular formula is C14H22N2O5S. The lowest BCUT2D eigenvalue weighted by Gasteiger charge is -2.28. The Kier molecular flexibility index (Phi) is 5.53. The highest BCUT2D eigenvalue weighted by Gasteiger charge is 2.31. The molecule has 7 nitrogen and oxygen atoms in total. The van der Waals surface area contributed by atoms with Crippen LogP contribution in [-0.2, 0) is 14.8 Å². The molecular weight excluding hydrogens is 308 g/mol. The van der Waals surface area contributed by atoms with Crippen molar-refractivity contribution in [1.29, 1.82) is 0 Å². The quantitative estimate of drug-likeness (QED) is 0.849. The van der Waals surface area contributed by atoms with Crippen LogP contribution in [0.1, 0.15) is 26.3 Å². The van der Waals surface area contributed by atoms with E-state index in [2.05, 4.69) is 4.98 Å². The molecule has 0 saturated carbocycles. The van der Waals surface area contributed by atoms with E-state index in [1.807, 2.05) is 20.8 Å². The number of ether oxygens (including phenoxy) is 1. The summed E-state index contributed by atoms with van der Waals surface area (Å²) in [5.41, 5.74) is 0.187. The zero-order valence-electron chi connectivity index (χ0n) is 13.5. The van der Waals surface area contributed by atoms with Crippen LogP contribution < -0.4 is 4.74 Å². The van der Waals surface area contributed by atoms with Crippen molar-refractivity contribution in [3.8, 4) is 5.88 Å². The first-order chi connectivity index (χ1) is 9.97. The summed E-state index contributed by atoms with van der Waals surface area (Å²) in [6, 6.07) is 1.43. The Hall–Kier alpha value is -1.67. The van der Waals surface area contributed by atoms with Crippen molar-refractivity contribution < 1.29 is 23.1 Å². The second kappa shape index (κ2) is 6.62. The van der Waals surface area contributed by atoms with Crippen LogP contribution >= 0.6 is 0 Å². The third-order valence-corrected chi connectivity index (χ3v) is 4.56. The lowest BCUT2D eigenvalue weighted by atomic mass is 9.97. The molecule has 0 fully saturated rings. The number of aryl methyl sites for hydroxylation is 1. The van der Waals surface area contributed by atoms with E-state index in [1.54, 1.807) is 6.92 Å². The molecule has 0 aliphatic rings. The van der Waals surface area contributed by atoms with Crippen LogP contribution in [0.3, 0.4) is 0 Å². The van der Waals surface area contributed by atoms with Crippen molar-refractivity contribution in [2.75, 3.05) is 20.2 Å². The van der Waals surface area contributed by atoms with Gasteiger partial charge in [0.05, 0.1) is 13.3 Å². The molecule has 1 N–H and O–H groups in total. The van der Waals surface area contributed by atoms with Crippen molar-refractivity contribution in [3.63, 3.8) is 0 Å². The van der Waals surface area contributed by atoms with Gasteiger partial charge in [0, 0.05) is 12.1 Å². The molecule has 8 heteroatoms. The fourth-order valence-corrected chi connectivity index (χ4v) is 3.59. The van der Waals surface area contributed by atoms with Crippen LogP contribution in [-0.4, -0.2) is 49.0 Å². The maximum absolute atomic E-state index is 12.7. The molecule has 0 amide bonds. The van der Waals surface area contributed by atoms with Crippen LogP contribution in [0, 0.1) is 12.3 Å². The summed E-state index contributed by atoms with van der Waals surface area (Å²) in [4.78, 5) is 14.9. The van der Waals surface area contributed by atoms with E-state index in [9.17, 15) is 13.2 Å². The van der Waals surface area contributed by atoms with Gasteiger partial charge in [-0.05, 0) is 18.4 Å². The van der Waals surface area contributed by atoms with Crippen LogP contribution in [0.2, 0.25) is 0 Å². The number of sulfonamides is 1. The molecule has 0 aliphatic heterocycles. The van der Waals surface area contributed by atoms with E-state index < -0.39 is 22.5 Å². The van der Waals surface area contributed by atoms with E-state index in [-0.39, 0.29) is 16.9 Å². The van der Waals surface area contributed by atoms with Gasteiger partial charge in [-0.2, -0.15) is 4.31 Å². The van der Waals surface area contributed by atoms with Crippen LogP contribution in [0.4, 0.5) is 0 Å². The van der Waals surface area contributed by atoms with Gasteiger partial charge in [0.2, 0.25) is 15.9 Å². The molecule has 1 aromatic rings. The minimum Gasteiger partial charge on any atom is -0.481 e. The zero-order valence-corrected chi connectivity index (χ0v) is 14.3. The number of methoxy groups -OCH3 is 1. The minimum atomic E-state index is -3.94. The van der Waals surface area contributed by atoms with E-state index in [0.717, 1.165) is 4.31 Å².